The molecule has 2 aliphatic rings. The number of carbonyl (C=O) groups excluding carboxylic acids is 1. The first kappa shape index (κ1) is 20.0. The SMILES string of the molecule is Cl.Cl.NC1CCCC1C(=O)N1CCN(c2ccc(F)cc2)CC1. The maximum Gasteiger partial charge on any atom is 0.227 e. The largest absolute Gasteiger partial charge is 0.368 e. The van der Waals surface area contributed by atoms with Crippen molar-refractivity contribution >= 4 is 36.4 Å². The Balaban J connectivity index is 0.00000132. The molecule has 1 aliphatic heterocycles. The molecule has 4 nitrogen and oxygen atoms in total. The van der Waals surface area contributed by atoms with Gasteiger partial charge in [-0.1, -0.05) is 6.42 Å². The Morgan fingerprint density at radius 1 is 1.04 bits per heavy atom. The first-order chi connectivity index (χ1) is 10.1. The molecule has 0 aromatic heterocycles. The first-order valence-electron chi connectivity index (χ1n) is 7.70. The molecule has 2 N–H and O–H groups in total. The van der Waals surface area contributed by atoms with Crippen LogP contribution in [0.2, 0.25) is 0 Å². The van der Waals surface area contributed by atoms with E-state index in [-0.39, 0.29) is 48.5 Å². The average Bonchev–Trinajstić information content (AvgIpc) is 2.94. The molecular formula is C16H24Cl2FN3O. The van der Waals surface area contributed by atoms with Crippen molar-refractivity contribution < 1.29 is 9.18 Å². The van der Waals surface area contributed by atoms with E-state index in [0.29, 0.717) is 0 Å². The lowest BCUT2D eigenvalue weighted by Crippen LogP contribution is -2.52. The van der Waals surface area contributed by atoms with Crippen molar-refractivity contribution in [3.8, 4) is 0 Å². The number of amides is 1. The van der Waals surface area contributed by atoms with Gasteiger partial charge in [0.25, 0.3) is 0 Å². The summed E-state index contributed by atoms with van der Waals surface area (Å²) in [5.74, 6) is 0.0175. The van der Waals surface area contributed by atoms with Crippen LogP contribution in [0, 0.1) is 11.7 Å². The van der Waals surface area contributed by atoms with E-state index in [4.69, 9.17) is 5.73 Å². The van der Waals surface area contributed by atoms with Crippen molar-refractivity contribution in [2.75, 3.05) is 31.1 Å². The molecule has 1 saturated carbocycles. The van der Waals surface area contributed by atoms with Crippen LogP contribution in [0.4, 0.5) is 10.1 Å². The number of anilines is 1. The van der Waals surface area contributed by atoms with Gasteiger partial charge in [-0.15, -0.1) is 24.8 Å². The fourth-order valence-corrected chi connectivity index (χ4v) is 3.37. The Morgan fingerprint density at radius 3 is 2.17 bits per heavy atom. The molecule has 0 radical (unpaired) electrons. The monoisotopic (exact) mass is 363 g/mol. The highest BCUT2D eigenvalue weighted by atomic mass is 35.5. The van der Waals surface area contributed by atoms with E-state index in [1.165, 1.54) is 12.1 Å². The summed E-state index contributed by atoms with van der Waals surface area (Å²) >= 11 is 0. The molecule has 130 valence electrons. The second kappa shape index (κ2) is 8.71. The van der Waals surface area contributed by atoms with E-state index in [1.807, 2.05) is 4.90 Å². The lowest BCUT2D eigenvalue weighted by atomic mass is 10.0. The van der Waals surface area contributed by atoms with Crippen LogP contribution in [-0.2, 0) is 4.79 Å². The number of hydrogen-bond donors (Lipinski definition) is 1. The van der Waals surface area contributed by atoms with Gasteiger partial charge in [-0.2, -0.15) is 0 Å². The summed E-state index contributed by atoms with van der Waals surface area (Å²) in [6, 6.07) is 6.57. The molecule has 1 aliphatic carbocycles. The van der Waals surface area contributed by atoms with Crippen LogP contribution >= 0.6 is 24.8 Å². The molecule has 3 rings (SSSR count). The Kier molecular flexibility index (Phi) is 7.58. The molecule has 0 bridgehead atoms. The van der Waals surface area contributed by atoms with Gasteiger partial charge in [0, 0.05) is 37.9 Å². The smallest absolute Gasteiger partial charge is 0.227 e. The van der Waals surface area contributed by atoms with Gasteiger partial charge in [-0.3, -0.25) is 4.79 Å². The summed E-state index contributed by atoms with van der Waals surface area (Å²) in [5, 5.41) is 0. The van der Waals surface area contributed by atoms with Gasteiger partial charge in [-0.25, -0.2) is 4.39 Å². The van der Waals surface area contributed by atoms with E-state index >= 15 is 0 Å². The van der Waals surface area contributed by atoms with Crippen LogP contribution < -0.4 is 10.6 Å². The zero-order valence-corrected chi connectivity index (χ0v) is 14.6. The van der Waals surface area contributed by atoms with Crippen LogP contribution in [0.15, 0.2) is 24.3 Å². The first-order valence-corrected chi connectivity index (χ1v) is 7.70. The van der Waals surface area contributed by atoms with Gasteiger partial charge in [-0.05, 0) is 37.1 Å². The lowest BCUT2D eigenvalue weighted by Gasteiger charge is -2.37. The number of carbonyl (C=O) groups is 1. The summed E-state index contributed by atoms with van der Waals surface area (Å²) in [4.78, 5) is 16.6. The number of halogens is 3. The third kappa shape index (κ3) is 4.49. The number of rotatable bonds is 2. The summed E-state index contributed by atoms with van der Waals surface area (Å²) in [6.07, 6.45) is 2.96. The summed E-state index contributed by atoms with van der Waals surface area (Å²) < 4.78 is 12.9. The minimum Gasteiger partial charge on any atom is -0.368 e. The quantitative estimate of drug-likeness (QED) is 0.877. The fraction of sp³-hybridized carbons (Fsp3) is 0.562. The summed E-state index contributed by atoms with van der Waals surface area (Å²) in [6.45, 7) is 3.03. The number of piperazine rings is 1. The standard InChI is InChI=1S/C16H22FN3O.2ClH/c17-12-4-6-13(7-5-12)19-8-10-20(11-9-19)16(21)14-2-1-3-15(14)18;;/h4-7,14-15H,1-3,8-11,18H2;2*1H. The highest BCUT2D eigenvalue weighted by Crippen LogP contribution is 2.26. The third-order valence-corrected chi connectivity index (χ3v) is 4.67. The van der Waals surface area contributed by atoms with Crippen molar-refractivity contribution in [2.24, 2.45) is 11.7 Å². The predicted octanol–water partition coefficient (Wildman–Crippen LogP) is 2.45. The van der Waals surface area contributed by atoms with Gasteiger partial charge in [0.2, 0.25) is 5.91 Å². The van der Waals surface area contributed by atoms with Crippen molar-refractivity contribution in [1.82, 2.24) is 4.90 Å². The molecule has 1 amide bonds. The molecule has 1 aromatic carbocycles. The molecule has 1 aromatic rings. The summed E-state index contributed by atoms with van der Waals surface area (Å²) in [7, 11) is 0. The van der Waals surface area contributed by atoms with E-state index in [9.17, 15) is 9.18 Å². The van der Waals surface area contributed by atoms with Crippen molar-refractivity contribution in [3.63, 3.8) is 0 Å². The maximum atomic E-state index is 12.9. The number of nitrogens with two attached hydrogens (primary N) is 1. The molecule has 7 heteroatoms. The Hall–Kier alpha value is -1.04. The van der Waals surface area contributed by atoms with Crippen molar-refractivity contribution in [2.45, 2.75) is 25.3 Å². The van der Waals surface area contributed by atoms with Gasteiger partial charge < -0.3 is 15.5 Å². The highest BCUT2D eigenvalue weighted by molar-refractivity contribution is 5.85. The third-order valence-electron chi connectivity index (χ3n) is 4.67. The molecular weight excluding hydrogens is 340 g/mol. The average molecular weight is 364 g/mol. The molecule has 2 atom stereocenters. The highest BCUT2D eigenvalue weighted by Gasteiger charge is 2.34. The predicted molar refractivity (Wildman–Crippen MR) is 95.0 cm³/mol. The number of benzene rings is 1. The van der Waals surface area contributed by atoms with Crippen molar-refractivity contribution in [3.05, 3.63) is 30.1 Å². The Morgan fingerprint density at radius 2 is 1.65 bits per heavy atom. The minimum atomic E-state index is -0.220. The Labute approximate surface area is 149 Å². The van der Waals surface area contributed by atoms with Gasteiger partial charge >= 0.3 is 0 Å². The molecule has 23 heavy (non-hydrogen) atoms. The van der Waals surface area contributed by atoms with E-state index < -0.39 is 0 Å². The van der Waals surface area contributed by atoms with E-state index in [1.54, 1.807) is 12.1 Å². The van der Waals surface area contributed by atoms with Gasteiger partial charge in [0.1, 0.15) is 5.82 Å². The zero-order valence-electron chi connectivity index (χ0n) is 13.0. The Bertz CT molecular complexity index is 507. The normalized spacial score (nSPS) is 23.9. The van der Waals surface area contributed by atoms with Crippen LogP contribution in [-0.4, -0.2) is 43.0 Å². The van der Waals surface area contributed by atoms with Crippen LogP contribution in [0.5, 0.6) is 0 Å². The summed E-state index contributed by atoms with van der Waals surface area (Å²) in [5.41, 5.74) is 7.04. The van der Waals surface area contributed by atoms with Crippen molar-refractivity contribution in [1.29, 1.82) is 0 Å². The second-order valence-corrected chi connectivity index (χ2v) is 5.99. The molecule has 2 fully saturated rings. The topological polar surface area (TPSA) is 49.6 Å². The van der Waals surface area contributed by atoms with E-state index in [2.05, 4.69) is 4.90 Å². The maximum absolute atomic E-state index is 12.9. The number of nitrogens with zero attached hydrogens (tertiary/aromatic N) is 2. The molecule has 1 saturated heterocycles. The fourth-order valence-electron chi connectivity index (χ4n) is 3.37. The minimum absolute atomic E-state index is 0. The van der Waals surface area contributed by atoms with Crippen LogP contribution in [0.25, 0.3) is 0 Å². The van der Waals surface area contributed by atoms with E-state index in [0.717, 1.165) is 51.1 Å². The number of hydrogen-bond acceptors (Lipinski definition) is 3. The van der Waals surface area contributed by atoms with Crippen LogP contribution in [0.1, 0.15) is 19.3 Å². The molecule has 2 unspecified atom stereocenters. The van der Waals surface area contributed by atoms with Crippen LogP contribution in [0.3, 0.4) is 0 Å². The van der Waals surface area contributed by atoms with Gasteiger partial charge in [0.15, 0.2) is 0 Å². The van der Waals surface area contributed by atoms with Gasteiger partial charge in [0.05, 0.1) is 5.92 Å². The second-order valence-electron chi connectivity index (χ2n) is 5.99. The molecule has 0 spiro atoms. The zero-order chi connectivity index (χ0) is 14.8. The lowest BCUT2D eigenvalue weighted by molar-refractivity contribution is -0.136. The molecule has 1 heterocycles.